The molecule has 0 saturated heterocycles. The van der Waals surface area contributed by atoms with Crippen molar-refractivity contribution in [2.45, 2.75) is 13.1 Å². The first kappa shape index (κ1) is 11.4. The molecule has 0 spiro atoms. The number of nitrogens with zero attached hydrogens (tertiary/aromatic N) is 1. The van der Waals surface area contributed by atoms with Crippen LogP contribution in [0.4, 0.5) is 0 Å². The van der Waals surface area contributed by atoms with Gasteiger partial charge in [-0.3, -0.25) is 4.98 Å². The minimum absolute atomic E-state index is 0.899. The summed E-state index contributed by atoms with van der Waals surface area (Å²) in [6.07, 6.45) is 3.74. The van der Waals surface area contributed by atoms with Gasteiger partial charge in [-0.05, 0) is 34.5 Å². The maximum absolute atomic E-state index is 4.12. The van der Waals surface area contributed by atoms with Gasteiger partial charge in [-0.15, -0.1) is 11.3 Å². The first-order valence-corrected chi connectivity index (χ1v) is 6.85. The number of hydrogen-bond acceptors (Lipinski definition) is 3. The molecule has 0 radical (unpaired) electrons. The molecule has 0 aliphatic heterocycles. The second kappa shape index (κ2) is 5.29. The van der Waals surface area contributed by atoms with Gasteiger partial charge >= 0.3 is 0 Å². The first-order valence-electron chi connectivity index (χ1n) is 5.97. The molecule has 0 aliphatic carbocycles. The Bertz CT molecular complexity index is 632. The number of thiophene rings is 1. The van der Waals surface area contributed by atoms with E-state index >= 15 is 0 Å². The van der Waals surface area contributed by atoms with E-state index in [1.807, 2.05) is 12.4 Å². The predicted octanol–water partition coefficient (Wildman–Crippen LogP) is 3.59. The summed E-state index contributed by atoms with van der Waals surface area (Å²) in [5.41, 5.74) is 1.31. The molecule has 3 rings (SSSR count). The van der Waals surface area contributed by atoms with Crippen LogP contribution >= 0.6 is 11.3 Å². The zero-order valence-electron chi connectivity index (χ0n) is 9.97. The molecule has 0 amide bonds. The van der Waals surface area contributed by atoms with Crippen molar-refractivity contribution in [3.05, 3.63) is 64.6 Å². The predicted molar refractivity (Wildman–Crippen MR) is 76.6 cm³/mol. The van der Waals surface area contributed by atoms with Crippen molar-refractivity contribution in [2.24, 2.45) is 0 Å². The minimum Gasteiger partial charge on any atom is -0.308 e. The van der Waals surface area contributed by atoms with E-state index in [1.165, 1.54) is 21.2 Å². The summed E-state index contributed by atoms with van der Waals surface area (Å²) in [5.74, 6) is 0. The molecule has 18 heavy (non-hydrogen) atoms. The number of aromatic nitrogens is 1. The van der Waals surface area contributed by atoms with Crippen LogP contribution in [0.2, 0.25) is 0 Å². The Hall–Kier alpha value is -1.71. The number of pyridine rings is 1. The number of benzene rings is 1. The molecule has 0 unspecified atom stereocenters. The van der Waals surface area contributed by atoms with E-state index in [4.69, 9.17) is 0 Å². The van der Waals surface area contributed by atoms with Gasteiger partial charge in [0, 0.05) is 35.7 Å². The Morgan fingerprint density at radius 1 is 1.06 bits per heavy atom. The van der Waals surface area contributed by atoms with Crippen LogP contribution in [0.25, 0.3) is 10.8 Å². The molecule has 3 heteroatoms. The highest BCUT2D eigenvalue weighted by atomic mass is 32.1. The van der Waals surface area contributed by atoms with E-state index in [-0.39, 0.29) is 0 Å². The smallest absolute Gasteiger partial charge is 0.0346 e. The molecule has 0 saturated carbocycles. The van der Waals surface area contributed by atoms with Gasteiger partial charge in [0.15, 0.2) is 0 Å². The Balaban J connectivity index is 1.67. The van der Waals surface area contributed by atoms with Gasteiger partial charge in [-0.1, -0.05) is 18.2 Å². The number of nitrogens with one attached hydrogen (secondary N) is 1. The van der Waals surface area contributed by atoms with Gasteiger partial charge in [0.2, 0.25) is 0 Å². The summed E-state index contributed by atoms with van der Waals surface area (Å²) < 4.78 is 0. The molecule has 90 valence electrons. The normalized spacial score (nSPS) is 10.9. The minimum atomic E-state index is 0.899. The second-order valence-electron chi connectivity index (χ2n) is 4.24. The fourth-order valence-corrected chi connectivity index (χ4v) is 2.66. The number of hydrogen-bond donors (Lipinski definition) is 1. The van der Waals surface area contributed by atoms with Gasteiger partial charge < -0.3 is 5.32 Å². The van der Waals surface area contributed by atoms with E-state index < -0.39 is 0 Å². The van der Waals surface area contributed by atoms with Crippen LogP contribution in [0, 0.1) is 0 Å². The maximum atomic E-state index is 4.12. The van der Waals surface area contributed by atoms with Crippen molar-refractivity contribution < 1.29 is 0 Å². The van der Waals surface area contributed by atoms with Crippen LogP contribution in [0.3, 0.4) is 0 Å². The Morgan fingerprint density at radius 2 is 2.06 bits per heavy atom. The summed E-state index contributed by atoms with van der Waals surface area (Å²) in [4.78, 5) is 5.50. The van der Waals surface area contributed by atoms with Crippen molar-refractivity contribution in [1.82, 2.24) is 10.3 Å². The second-order valence-corrected chi connectivity index (χ2v) is 5.27. The lowest BCUT2D eigenvalue weighted by Gasteiger charge is -2.05. The van der Waals surface area contributed by atoms with Crippen LogP contribution in [0.1, 0.15) is 10.4 Å². The number of rotatable bonds is 4. The molecular formula is C15H14N2S. The third kappa shape index (κ3) is 2.58. The molecule has 2 aromatic heterocycles. The summed E-state index contributed by atoms with van der Waals surface area (Å²) in [7, 11) is 0. The molecule has 2 nitrogen and oxygen atoms in total. The fraction of sp³-hybridized carbons (Fsp3) is 0.133. The van der Waals surface area contributed by atoms with Crippen molar-refractivity contribution >= 4 is 22.1 Å². The summed E-state index contributed by atoms with van der Waals surface area (Å²) in [6.45, 7) is 1.84. The lowest BCUT2D eigenvalue weighted by atomic mass is 10.1. The molecule has 0 atom stereocenters. The van der Waals surface area contributed by atoms with Crippen molar-refractivity contribution in [1.29, 1.82) is 0 Å². The zero-order chi connectivity index (χ0) is 12.2. The fourth-order valence-electron chi connectivity index (χ4n) is 1.99. The van der Waals surface area contributed by atoms with E-state index in [9.17, 15) is 0 Å². The van der Waals surface area contributed by atoms with Crippen molar-refractivity contribution in [2.75, 3.05) is 0 Å². The molecule has 1 N–H and O–H groups in total. The standard InChI is InChI=1S/C15H14N2S/c1-2-15(18-7-1)11-17-9-12-3-4-14-10-16-6-5-13(14)8-12/h1-8,10,17H,9,11H2. The monoisotopic (exact) mass is 254 g/mol. The molecule has 3 aromatic rings. The van der Waals surface area contributed by atoms with Gasteiger partial charge in [0.25, 0.3) is 0 Å². The summed E-state index contributed by atoms with van der Waals surface area (Å²) in [6, 6.07) is 12.8. The highest BCUT2D eigenvalue weighted by molar-refractivity contribution is 7.09. The first-order chi connectivity index (χ1) is 8.92. The van der Waals surface area contributed by atoms with Gasteiger partial charge in [0.05, 0.1) is 0 Å². The van der Waals surface area contributed by atoms with Gasteiger partial charge in [-0.2, -0.15) is 0 Å². The lowest BCUT2D eigenvalue weighted by Crippen LogP contribution is -2.11. The van der Waals surface area contributed by atoms with Crippen LogP contribution < -0.4 is 5.32 Å². The number of fused-ring (bicyclic) bond motifs is 1. The topological polar surface area (TPSA) is 24.9 Å². The van der Waals surface area contributed by atoms with E-state index in [0.29, 0.717) is 0 Å². The highest BCUT2D eigenvalue weighted by Crippen LogP contribution is 2.14. The Kier molecular flexibility index (Phi) is 3.35. The maximum Gasteiger partial charge on any atom is 0.0346 e. The van der Waals surface area contributed by atoms with E-state index in [1.54, 1.807) is 11.3 Å². The van der Waals surface area contributed by atoms with Crippen LogP contribution in [0.15, 0.2) is 54.2 Å². The highest BCUT2D eigenvalue weighted by Gasteiger charge is 1.97. The molecule has 0 bridgehead atoms. The lowest BCUT2D eigenvalue weighted by molar-refractivity contribution is 0.701. The van der Waals surface area contributed by atoms with Crippen molar-refractivity contribution in [3.8, 4) is 0 Å². The average molecular weight is 254 g/mol. The third-order valence-electron chi connectivity index (χ3n) is 2.91. The average Bonchev–Trinajstić information content (AvgIpc) is 2.92. The molecule has 1 aromatic carbocycles. The van der Waals surface area contributed by atoms with Crippen LogP contribution in [0.5, 0.6) is 0 Å². The van der Waals surface area contributed by atoms with Gasteiger partial charge in [-0.25, -0.2) is 0 Å². The Morgan fingerprint density at radius 3 is 2.94 bits per heavy atom. The van der Waals surface area contributed by atoms with Crippen molar-refractivity contribution in [3.63, 3.8) is 0 Å². The summed E-state index contributed by atoms with van der Waals surface area (Å²) >= 11 is 1.79. The molecular weight excluding hydrogens is 240 g/mol. The SMILES string of the molecule is c1csc(CNCc2ccc3cnccc3c2)c1. The molecule has 2 heterocycles. The molecule has 0 fully saturated rings. The van der Waals surface area contributed by atoms with Gasteiger partial charge in [0.1, 0.15) is 0 Å². The quantitative estimate of drug-likeness (QED) is 0.769. The van der Waals surface area contributed by atoms with Crippen LogP contribution in [-0.2, 0) is 13.1 Å². The zero-order valence-corrected chi connectivity index (χ0v) is 10.8. The van der Waals surface area contributed by atoms with E-state index in [2.05, 4.69) is 52.1 Å². The van der Waals surface area contributed by atoms with E-state index in [0.717, 1.165) is 13.1 Å². The third-order valence-corrected chi connectivity index (χ3v) is 3.79. The molecule has 0 aliphatic rings. The largest absolute Gasteiger partial charge is 0.308 e. The summed E-state index contributed by atoms with van der Waals surface area (Å²) in [5, 5.41) is 8.02. The van der Waals surface area contributed by atoms with Crippen LogP contribution in [-0.4, -0.2) is 4.98 Å². The Labute approximate surface area is 110 Å².